The molecule has 1 aromatic rings. The Bertz CT molecular complexity index is 797. The summed E-state index contributed by atoms with van der Waals surface area (Å²) in [6, 6.07) is 8.83. The SMILES string of the molecule is COC(=O)C1=C(C)NC2=C(C(=O)OC2)C1c1ccc(C#N)cc1. The van der Waals surface area contributed by atoms with Crippen LogP contribution in [0.25, 0.3) is 0 Å². The Morgan fingerprint density at radius 3 is 2.70 bits per heavy atom. The van der Waals surface area contributed by atoms with Crippen LogP contribution in [0.3, 0.4) is 0 Å². The van der Waals surface area contributed by atoms with E-state index < -0.39 is 17.9 Å². The molecule has 0 fully saturated rings. The number of nitriles is 1. The average Bonchev–Trinajstić information content (AvgIpc) is 2.93. The summed E-state index contributed by atoms with van der Waals surface area (Å²) in [5.41, 5.74) is 3.32. The van der Waals surface area contributed by atoms with Gasteiger partial charge in [-0.1, -0.05) is 12.1 Å². The Labute approximate surface area is 133 Å². The molecule has 6 nitrogen and oxygen atoms in total. The molecule has 0 bridgehead atoms. The quantitative estimate of drug-likeness (QED) is 0.833. The molecule has 1 aromatic carbocycles. The third-order valence-electron chi connectivity index (χ3n) is 3.99. The van der Waals surface area contributed by atoms with Crippen LogP contribution in [-0.2, 0) is 19.1 Å². The van der Waals surface area contributed by atoms with Crippen LogP contribution in [0.2, 0.25) is 0 Å². The van der Waals surface area contributed by atoms with Gasteiger partial charge in [-0.2, -0.15) is 5.26 Å². The van der Waals surface area contributed by atoms with Crippen LogP contribution in [0.15, 0.2) is 46.8 Å². The minimum Gasteiger partial charge on any atom is -0.466 e. The summed E-state index contributed by atoms with van der Waals surface area (Å²) in [5, 5.41) is 12.0. The number of dihydropyridines is 1. The molecular formula is C17H14N2O4. The van der Waals surface area contributed by atoms with Gasteiger partial charge in [-0.3, -0.25) is 0 Å². The number of cyclic esters (lactones) is 1. The fourth-order valence-electron chi connectivity index (χ4n) is 2.93. The Morgan fingerprint density at radius 2 is 2.09 bits per heavy atom. The molecule has 1 atom stereocenters. The first-order valence-corrected chi connectivity index (χ1v) is 7.03. The monoisotopic (exact) mass is 310 g/mol. The van der Waals surface area contributed by atoms with Crippen LogP contribution in [0.4, 0.5) is 0 Å². The van der Waals surface area contributed by atoms with E-state index in [1.165, 1.54) is 7.11 Å². The standard InChI is InChI=1S/C17H14N2O4/c1-9-13(16(20)22-2)14(11-5-3-10(7-18)4-6-11)15-12(19-9)8-23-17(15)21/h3-6,14,19H,8H2,1-2H3. The molecular weight excluding hydrogens is 296 g/mol. The number of carbonyl (C=O) groups excluding carboxylic acids is 2. The molecule has 0 amide bonds. The highest BCUT2D eigenvalue weighted by molar-refractivity contribution is 6.01. The molecule has 1 unspecified atom stereocenters. The van der Waals surface area contributed by atoms with Gasteiger partial charge < -0.3 is 14.8 Å². The highest BCUT2D eigenvalue weighted by atomic mass is 16.5. The lowest BCUT2D eigenvalue weighted by molar-refractivity contribution is -0.136. The third-order valence-corrected chi connectivity index (χ3v) is 3.99. The molecule has 0 aliphatic carbocycles. The second-order valence-corrected chi connectivity index (χ2v) is 5.29. The summed E-state index contributed by atoms with van der Waals surface area (Å²) < 4.78 is 9.98. The molecule has 0 radical (unpaired) electrons. The van der Waals surface area contributed by atoms with E-state index in [9.17, 15) is 9.59 Å². The lowest BCUT2D eigenvalue weighted by atomic mass is 9.80. The first-order valence-electron chi connectivity index (χ1n) is 7.03. The Hall–Kier alpha value is -3.07. The van der Waals surface area contributed by atoms with Crippen molar-refractivity contribution in [2.45, 2.75) is 12.8 Å². The number of hydrogen-bond acceptors (Lipinski definition) is 6. The molecule has 2 aliphatic rings. The summed E-state index contributed by atoms with van der Waals surface area (Å²) in [6.07, 6.45) is 0. The van der Waals surface area contributed by atoms with Crippen LogP contribution in [0.5, 0.6) is 0 Å². The van der Waals surface area contributed by atoms with E-state index in [1.54, 1.807) is 31.2 Å². The molecule has 116 valence electrons. The minimum absolute atomic E-state index is 0.159. The second-order valence-electron chi connectivity index (χ2n) is 5.29. The maximum Gasteiger partial charge on any atom is 0.337 e. The summed E-state index contributed by atoms with van der Waals surface area (Å²) in [5.74, 6) is -1.52. The van der Waals surface area contributed by atoms with E-state index in [0.717, 1.165) is 5.56 Å². The molecule has 0 aromatic heterocycles. The maximum atomic E-state index is 12.2. The lowest BCUT2D eigenvalue weighted by Crippen LogP contribution is -2.29. The zero-order chi connectivity index (χ0) is 16.6. The smallest absolute Gasteiger partial charge is 0.337 e. The van der Waals surface area contributed by atoms with Crippen molar-refractivity contribution in [3.05, 3.63) is 57.9 Å². The first kappa shape index (κ1) is 14.9. The van der Waals surface area contributed by atoms with Crippen molar-refractivity contribution in [2.24, 2.45) is 0 Å². The van der Waals surface area contributed by atoms with Gasteiger partial charge in [0.2, 0.25) is 0 Å². The van der Waals surface area contributed by atoms with Crippen molar-refractivity contribution in [1.29, 1.82) is 5.26 Å². The second kappa shape index (κ2) is 5.61. The van der Waals surface area contributed by atoms with Gasteiger partial charge in [0.25, 0.3) is 0 Å². The van der Waals surface area contributed by atoms with Crippen LogP contribution >= 0.6 is 0 Å². The summed E-state index contributed by atoms with van der Waals surface area (Å²) in [6.45, 7) is 1.92. The van der Waals surface area contributed by atoms with Crippen molar-refractivity contribution < 1.29 is 19.1 Å². The summed E-state index contributed by atoms with van der Waals surface area (Å²) in [4.78, 5) is 24.4. The van der Waals surface area contributed by atoms with Crippen LogP contribution < -0.4 is 5.32 Å². The number of ether oxygens (including phenoxy) is 2. The van der Waals surface area contributed by atoms with Crippen LogP contribution in [0.1, 0.15) is 24.0 Å². The highest BCUT2D eigenvalue weighted by Crippen LogP contribution is 2.41. The van der Waals surface area contributed by atoms with Gasteiger partial charge in [-0.15, -0.1) is 0 Å². The molecule has 1 N–H and O–H groups in total. The van der Waals surface area contributed by atoms with Gasteiger partial charge in [-0.05, 0) is 24.6 Å². The zero-order valence-electron chi connectivity index (χ0n) is 12.7. The topological polar surface area (TPSA) is 88.4 Å². The number of nitrogens with zero attached hydrogens (tertiary/aromatic N) is 1. The number of carbonyl (C=O) groups is 2. The molecule has 2 aliphatic heterocycles. The maximum absolute atomic E-state index is 12.2. The number of nitrogens with one attached hydrogen (secondary N) is 1. The van der Waals surface area contributed by atoms with Gasteiger partial charge in [0.1, 0.15) is 6.61 Å². The van der Waals surface area contributed by atoms with Crippen LogP contribution in [0, 0.1) is 11.3 Å². The van der Waals surface area contributed by atoms with E-state index in [1.807, 2.05) is 6.07 Å². The Balaban J connectivity index is 2.16. The van der Waals surface area contributed by atoms with Crippen molar-refractivity contribution in [1.82, 2.24) is 5.32 Å². The molecule has 23 heavy (non-hydrogen) atoms. The predicted octanol–water partition coefficient (Wildman–Crippen LogP) is 1.50. The van der Waals surface area contributed by atoms with Gasteiger partial charge in [0, 0.05) is 5.70 Å². The zero-order valence-corrected chi connectivity index (χ0v) is 12.7. The van der Waals surface area contributed by atoms with Crippen LogP contribution in [-0.4, -0.2) is 25.7 Å². The Morgan fingerprint density at radius 1 is 1.39 bits per heavy atom. The molecule has 0 saturated carbocycles. The number of rotatable bonds is 2. The van der Waals surface area contributed by atoms with Gasteiger partial charge in [0.05, 0.1) is 41.5 Å². The molecule has 0 spiro atoms. The predicted molar refractivity (Wildman–Crippen MR) is 79.7 cm³/mol. The summed E-state index contributed by atoms with van der Waals surface area (Å²) >= 11 is 0. The van der Waals surface area contributed by atoms with E-state index in [-0.39, 0.29) is 6.61 Å². The van der Waals surface area contributed by atoms with E-state index in [0.29, 0.717) is 28.1 Å². The number of methoxy groups -OCH3 is 1. The molecule has 0 saturated heterocycles. The van der Waals surface area contributed by atoms with E-state index in [2.05, 4.69) is 5.32 Å². The average molecular weight is 310 g/mol. The van der Waals surface area contributed by atoms with Crippen molar-refractivity contribution in [3.63, 3.8) is 0 Å². The van der Waals surface area contributed by atoms with Gasteiger partial charge >= 0.3 is 11.9 Å². The number of allylic oxidation sites excluding steroid dienone is 1. The number of benzene rings is 1. The third kappa shape index (κ3) is 2.36. The van der Waals surface area contributed by atoms with E-state index >= 15 is 0 Å². The Kier molecular flexibility index (Phi) is 3.62. The highest BCUT2D eigenvalue weighted by Gasteiger charge is 2.41. The lowest BCUT2D eigenvalue weighted by Gasteiger charge is -2.27. The molecule has 6 heteroatoms. The van der Waals surface area contributed by atoms with Gasteiger partial charge in [-0.25, -0.2) is 9.59 Å². The normalized spacial score (nSPS) is 19.7. The minimum atomic E-state index is -0.568. The summed E-state index contributed by atoms with van der Waals surface area (Å²) in [7, 11) is 1.30. The molecule has 2 heterocycles. The van der Waals surface area contributed by atoms with Gasteiger partial charge in [0.15, 0.2) is 0 Å². The first-order chi connectivity index (χ1) is 11.1. The van der Waals surface area contributed by atoms with E-state index in [4.69, 9.17) is 14.7 Å². The number of hydrogen-bond donors (Lipinski definition) is 1. The molecule has 3 rings (SSSR count). The fraction of sp³-hybridized carbons (Fsp3) is 0.235. The van der Waals surface area contributed by atoms with Crippen molar-refractivity contribution >= 4 is 11.9 Å². The fourth-order valence-corrected chi connectivity index (χ4v) is 2.93. The van der Waals surface area contributed by atoms with Crippen molar-refractivity contribution in [3.8, 4) is 6.07 Å². The van der Waals surface area contributed by atoms with Crippen molar-refractivity contribution in [2.75, 3.05) is 13.7 Å². The number of esters is 2. The largest absolute Gasteiger partial charge is 0.466 e.